The topological polar surface area (TPSA) is 81.9 Å². The number of carbonyl (C=O) groups is 1. The second-order valence-electron chi connectivity index (χ2n) is 4.64. The second-order valence-corrected chi connectivity index (χ2v) is 4.64. The number of hydrogen-bond acceptors (Lipinski definition) is 6. The van der Waals surface area contributed by atoms with Crippen LogP contribution in [0.25, 0.3) is 11.4 Å². The van der Waals surface area contributed by atoms with Gasteiger partial charge in [0.2, 0.25) is 0 Å². The molecule has 0 radical (unpaired) electrons. The summed E-state index contributed by atoms with van der Waals surface area (Å²) >= 11 is 0. The Hall–Kier alpha value is -2.28. The van der Waals surface area contributed by atoms with Crippen molar-refractivity contribution in [1.82, 2.24) is 25.1 Å². The van der Waals surface area contributed by atoms with Gasteiger partial charge in [0.15, 0.2) is 11.5 Å². The molecule has 2 aromatic heterocycles. The standard InChI is InChI=1S/C13H15N5O2/c1-18-7-8(5-15-18)12-16-10-6-14-4-3-9(10)11(17-12)13(19)20-2/h5,7,14H,3-4,6H2,1-2H3. The number of esters is 1. The Kier molecular flexibility index (Phi) is 3.19. The summed E-state index contributed by atoms with van der Waals surface area (Å²) in [5.41, 5.74) is 2.87. The van der Waals surface area contributed by atoms with Gasteiger partial charge in [0, 0.05) is 25.4 Å². The lowest BCUT2D eigenvalue weighted by Gasteiger charge is -2.18. The van der Waals surface area contributed by atoms with Crippen LogP contribution in [0.5, 0.6) is 0 Å². The lowest BCUT2D eigenvalue weighted by atomic mass is 10.0. The zero-order valence-corrected chi connectivity index (χ0v) is 11.4. The molecule has 0 atom stereocenters. The molecule has 0 amide bonds. The molecule has 2 aromatic rings. The van der Waals surface area contributed by atoms with Gasteiger partial charge >= 0.3 is 5.97 Å². The lowest BCUT2D eigenvalue weighted by Crippen LogP contribution is -2.28. The molecule has 7 heteroatoms. The number of ether oxygens (including phenoxy) is 1. The van der Waals surface area contributed by atoms with Crippen LogP contribution in [0.15, 0.2) is 12.4 Å². The molecule has 0 spiro atoms. The van der Waals surface area contributed by atoms with Crippen molar-refractivity contribution in [1.29, 1.82) is 0 Å². The molecule has 104 valence electrons. The molecule has 1 aliphatic rings. The van der Waals surface area contributed by atoms with E-state index in [2.05, 4.69) is 20.4 Å². The minimum absolute atomic E-state index is 0.359. The van der Waals surface area contributed by atoms with E-state index in [0.717, 1.165) is 29.8 Å². The summed E-state index contributed by atoms with van der Waals surface area (Å²) in [5, 5.41) is 7.35. The van der Waals surface area contributed by atoms with E-state index >= 15 is 0 Å². The largest absolute Gasteiger partial charge is 0.464 e. The quantitative estimate of drug-likeness (QED) is 0.793. The minimum atomic E-state index is -0.421. The van der Waals surface area contributed by atoms with Crippen molar-refractivity contribution < 1.29 is 9.53 Å². The highest BCUT2D eigenvalue weighted by Gasteiger charge is 2.23. The third-order valence-electron chi connectivity index (χ3n) is 3.28. The molecule has 7 nitrogen and oxygen atoms in total. The molecule has 1 aliphatic heterocycles. The number of carbonyl (C=O) groups excluding carboxylic acids is 1. The van der Waals surface area contributed by atoms with Gasteiger partial charge in [0.05, 0.1) is 24.6 Å². The first-order valence-corrected chi connectivity index (χ1v) is 6.37. The van der Waals surface area contributed by atoms with E-state index in [1.165, 1.54) is 7.11 Å². The van der Waals surface area contributed by atoms with Crippen LogP contribution in [0.3, 0.4) is 0 Å². The molecule has 0 aromatic carbocycles. The molecule has 1 N–H and O–H groups in total. The Balaban J connectivity index is 2.15. The van der Waals surface area contributed by atoms with Gasteiger partial charge in [-0.2, -0.15) is 5.10 Å². The Bertz CT molecular complexity index is 665. The summed E-state index contributed by atoms with van der Waals surface area (Å²) in [6.45, 7) is 1.45. The summed E-state index contributed by atoms with van der Waals surface area (Å²) in [7, 11) is 3.19. The van der Waals surface area contributed by atoms with Crippen molar-refractivity contribution in [2.24, 2.45) is 7.05 Å². The Labute approximate surface area is 116 Å². The number of rotatable bonds is 2. The van der Waals surface area contributed by atoms with Crippen molar-refractivity contribution in [2.75, 3.05) is 13.7 Å². The van der Waals surface area contributed by atoms with Crippen molar-refractivity contribution in [3.05, 3.63) is 29.3 Å². The van der Waals surface area contributed by atoms with Crippen molar-refractivity contribution in [3.63, 3.8) is 0 Å². The van der Waals surface area contributed by atoms with E-state index in [0.29, 0.717) is 18.1 Å². The third-order valence-corrected chi connectivity index (χ3v) is 3.28. The summed E-state index contributed by atoms with van der Waals surface area (Å²) in [5.74, 6) is 0.0802. The van der Waals surface area contributed by atoms with Crippen LogP contribution in [0.2, 0.25) is 0 Å². The van der Waals surface area contributed by atoms with Crippen LogP contribution in [0.4, 0.5) is 0 Å². The van der Waals surface area contributed by atoms with Gasteiger partial charge in [-0.15, -0.1) is 0 Å². The molecule has 0 saturated carbocycles. The molecule has 0 fully saturated rings. The monoisotopic (exact) mass is 273 g/mol. The summed E-state index contributed by atoms with van der Waals surface area (Å²) in [6.07, 6.45) is 4.23. The smallest absolute Gasteiger partial charge is 0.357 e. The van der Waals surface area contributed by atoms with E-state index in [-0.39, 0.29) is 0 Å². The van der Waals surface area contributed by atoms with Gasteiger partial charge in [-0.1, -0.05) is 0 Å². The summed E-state index contributed by atoms with van der Waals surface area (Å²) in [4.78, 5) is 20.8. The highest BCUT2D eigenvalue weighted by Crippen LogP contribution is 2.21. The van der Waals surface area contributed by atoms with Crippen LogP contribution in [0.1, 0.15) is 21.7 Å². The number of aromatic nitrogens is 4. The van der Waals surface area contributed by atoms with Gasteiger partial charge in [0.1, 0.15) is 0 Å². The predicted molar refractivity (Wildman–Crippen MR) is 71.0 cm³/mol. The average Bonchev–Trinajstić information content (AvgIpc) is 2.92. The fourth-order valence-electron chi connectivity index (χ4n) is 2.29. The molecule has 20 heavy (non-hydrogen) atoms. The summed E-state index contributed by atoms with van der Waals surface area (Å²) < 4.78 is 6.50. The zero-order valence-electron chi connectivity index (χ0n) is 11.4. The molecule has 0 bridgehead atoms. The van der Waals surface area contributed by atoms with E-state index in [4.69, 9.17) is 4.74 Å². The molecule has 0 aliphatic carbocycles. The first-order chi connectivity index (χ1) is 9.69. The maximum atomic E-state index is 11.9. The number of aryl methyl sites for hydroxylation is 1. The van der Waals surface area contributed by atoms with Gasteiger partial charge in [-0.3, -0.25) is 4.68 Å². The number of fused-ring (bicyclic) bond motifs is 1. The van der Waals surface area contributed by atoms with Gasteiger partial charge in [-0.05, 0) is 13.0 Å². The Morgan fingerprint density at radius 1 is 1.45 bits per heavy atom. The molecular formula is C13H15N5O2. The lowest BCUT2D eigenvalue weighted by molar-refractivity contribution is 0.0592. The number of hydrogen-bond donors (Lipinski definition) is 1. The van der Waals surface area contributed by atoms with Gasteiger partial charge < -0.3 is 10.1 Å². The van der Waals surface area contributed by atoms with Crippen LogP contribution >= 0.6 is 0 Å². The van der Waals surface area contributed by atoms with Crippen LogP contribution in [0, 0.1) is 0 Å². The number of methoxy groups -OCH3 is 1. The Morgan fingerprint density at radius 2 is 2.30 bits per heavy atom. The third kappa shape index (κ3) is 2.16. The van der Waals surface area contributed by atoms with Gasteiger partial charge in [0.25, 0.3) is 0 Å². The normalized spacial score (nSPS) is 13.9. The van der Waals surface area contributed by atoms with Crippen LogP contribution in [-0.2, 0) is 24.8 Å². The van der Waals surface area contributed by atoms with E-state index in [1.807, 2.05) is 13.2 Å². The molecule has 3 rings (SSSR count). The molecule has 3 heterocycles. The SMILES string of the molecule is COC(=O)c1nc(-c2cnn(C)c2)nc2c1CCNC2. The van der Waals surface area contributed by atoms with Crippen molar-refractivity contribution in [3.8, 4) is 11.4 Å². The van der Waals surface area contributed by atoms with Crippen LogP contribution < -0.4 is 5.32 Å². The fourth-order valence-corrected chi connectivity index (χ4v) is 2.29. The fraction of sp³-hybridized carbons (Fsp3) is 0.385. The first-order valence-electron chi connectivity index (χ1n) is 6.37. The molecular weight excluding hydrogens is 258 g/mol. The van der Waals surface area contributed by atoms with E-state index < -0.39 is 5.97 Å². The van der Waals surface area contributed by atoms with Crippen LogP contribution in [-0.4, -0.2) is 39.4 Å². The Morgan fingerprint density at radius 3 is 3.00 bits per heavy atom. The first kappa shape index (κ1) is 12.7. The number of nitrogens with zero attached hydrogens (tertiary/aromatic N) is 4. The number of nitrogens with one attached hydrogen (secondary N) is 1. The predicted octanol–water partition coefficient (Wildman–Crippen LogP) is 0.309. The average molecular weight is 273 g/mol. The minimum Gasteiger partial charge on any atom is -0.464 e. The van der Waals surface area contributed by atoms with Gasteiger partial charge in [-0.25, -0.2) is 14.8 Å². The highest BCUT2D eigenvalue weighted by molar-refractivity contribution is 5.89. The highest BCUT2D eigenvalue weighted by atomic mass is 16.5. The summed E-state index contributed by atoms with van der Waals surface area (Å²) in [6, 6.07) is 0. The van der Waals surface area contributed by atoms with E-state index in [9.17, 15) is 4.79 Å². The maximum Gasteiger partial charge on any atom is 0.357 e. The van der Waals surface area contributed by atoms with Crippen molar-refractivity contribution in [2.45, 2.75) is 13.0 Å². The maximum absolute atomic E-state index is 11.9. The van der Waals surface area contributed by atoms with E-state index in [1.54, 1.807) is 10.9 Å². The zero-order chi connectivity index (χ0) is 14.1. The second kappa shape index (κ2) is 5.01. The van der Waals surface area contributed by atoms with Crippen molar-refractivity contribution >= 4 is 5.97 Å². The molecule has 0 saturated heterocycles. The molecule has 0 unspecified atom stereocenters.